The molecule has 10 heteroatoms. The van der Waals surface area contributed by atoms with Gasteiger partial charge in [0.2, 0.25) is 5.91 Å². The van der Waals surface area contributed by atoms with Gasteiger partial charge in [0.05, 0.1) is 13.1 Å². The van der Waals surface area contributed by atoms with Crippen LogP contribution in [-0.2, 0) is 11.3 Å². The zero-order valence-corrected chi connectivity index (χ0v) is 20.0. The summed E-state index contributed by atoms with van der Waals surface area (Å²) in [4.78, 5) is 18.1. The number of carbonyl (C=O) groups is 1. The van der Waals surface area contributed by atoms with Gasteiger partial charge in [0, 0.05) is 37.3 Å². The molecule has 1 unspecified atom stereocenters. The van der Waals surface area contributed by atoms with E-state index in [2.05, 4.69) is 20.9 Å². The summed E-state index contributed by atoms with van der Waals surface area (Å²) in [6.07, 6.45) is -0.512. The molecule has 31 heavy (non-hydrogen) atoms. The Bertz CT molecular complexity index is 755. The second-order valence-corrected chi connectivity index (χ2v) is 7.99. The number of nitrogens with one attached hydrogen (secondary N) is 3. The van der Waals surface area contributed by atoms with Gasteiger partial charge in [-0.15, -0.1) is 24.0 Å². The molecule has 1 amide bonds. The summed E-state index contributed by atoms with van der Waals surface area (Å²) in [6, 6.07) is 7.52. The number of rotatable bonds is 7. The van der Waals surface area contributed by atoms with Crippen molar-refractivity contribution in [2.75, 3.05) is 31.5 Å². The highest BCUT2D eigenvalue weighted by Gasteiger charge is 2.34. The molecular weight excluding hydrogens is 522 g/mol. The van der Waals surface area contributed by atoms with E-state index in [0.29, 0.717) is 38.6 Å². The predicted octanol–water partition coefficient (Wildman–Crippen LogP) is 3.73. The fraction of sp³-hybridized carbons (Fsp3) is 0.619. The number of carbonyl (C=O) groups excluding carboxylic acids is 1. The number of hydrogen-bond acceptors (Lipinski definition) is 3. The van der Waals surface area contributed by atoms with Crippen molar-refractivity contribution in [3.8, 4) is 0 Å². The van der Waals surface area contributed by atoms with Crippen LogP contribution in [0.15, 0.2) is 29.3 Å². The number of nitrogens with zero attached hydrogens (tertiary/aromatic N) is 2. The van der Waals surface area contributed by atoms with Gasteiger partial charge in [-0.1, -0.05) is 18.6 Å². The van der Waals surface area contributed by atoms with E-state index < -0.39 is 12.7 Å². The number of anilines is 1. The molecule has 3 rings (SSSR count). The van der Waals surface area contributed by atoms with Crippen LogP contribution in [0.4, 0.5) is 18.9 Å². The summed E-state index contributed by atoms with van der Waals surface area (Å²) in [5, 5.41) is 9.35. The Labute approximate surface area is 198 Å². The summed E-state index contributed by atoms with van der Waals surface area (Å²) in [5.74, 6) is 0.779. The standard InChI is InChI=1S/C21H30F3N5O.HI/c1-2-25-20(28-18-9-10-29(13-18)14-21(22,23)24)26-12-15-5-3-8-17(11-15)27-19(30)16-6-4-7-16;/h3,5,8,11,16,18H,2,4,6-7,9-10,12-14H2,1H3,(H,27,30)(H2,25,26,28);1H. The maximum absolute atomic E-state index is 12.6. The molecule has 0 spiro atoms. The Balaban J connectivity index is 0.00000341. The van der Waals surface area contributed by atoms with Crippen LogP contribution >= 0.6 is 24.0 Å². The number of alkyl halides is 3. The summed E-state index contributed by atoms with van der Waals surface area (Å²) in [5.41, 5.74) is 1.71. The first kappa shape index (κ1) is 25.7. The van der Waals surface area contributed by atoms with E-state index in [1.54, 1.807) is 0 Å². The van der Waals surface area contributed by atoms with Crippen LogP contribution in [0.5, 0.6) is 0 Å². The highest BCUT2D eigenvalue weighted by molar-refractivity contribution is 14.0. The van der Waals surface area contributed by atoms with Gasteiger partial charge in [-0.3, -0.25) is 9.69 Å². The van der Waals surface area contributed by atoms with Gasteiger partial charge in [-0.25, -0.2) is 4.99 Å². The van der Waals surface area contributed by atoms with Gasteiger partial charge < -0.3 is 16.0 Å². The Hall–Kier alpha value is -1.56. The van der Waals surface area contributed by atoms with E-state index in [0.717, 1.165) is 30.5 Å². The SMILES string of the molecule is CCNC(=NCc1cccc(NC(=O)C2CCC2)c1)NC1CCN(CC(F)(F)F)C1.I. The topological polar surface area (TPSA) is 68.8 Å². The lowest BCUT2D eigenvalue weighted by Gasteiger charge is -2.24. The van der Waals surface area contributed by atoms with Crippen LogP contribution in [0.1, 0.15) is 38.2 Å². The number of halogens is 4. The number of aliphatic imine (C=N–C) groups is 1. The largest absolute Gasteiger partial charge is 0.401 e. The summed E-state index contributed by atoms with van der Waals surface area (Å²) >= 11 is 0. The van der Waals surface area contributed by atoms with Crippen LogP contribution in [-0.4, -0.2) is 55.2 Å². The molecular formula is C21H31F3IN5O. The number of hydrogen-bond donors (Lipinski definition) is 3. The van der Waals surface area contributed by atoms with E-state index >= 15 is 0 Å². The number of guanidine groups is 1. The van der Waals surface area contributed by atoms with Crippen LogP contribution < -0.4 is 16.0 Å². The molecule has 2 aliphatic rings. The molecule has 1 heterocycles. The summed E-state index contributed by atoms with van der Waals surface area (Å²) in [7, 11) is 0. The number of amides is 1. The minimum absolute atomic E-state index is 0. The zero-order chi connectivity index (χ0) is 21.6. The van der Waals surface area contributed by atoms with Crippen molar-refractivity contribution >= 4 is 41.5 Å². The van der Waals surface area contributed by atoms with Gasteiger partial charge in [-0.05, 0) is 43.9 Å². The first-order chi connectivity index (χ1) is 14.3. The quantitative estimate of drug-likeness (QED) is 0.274. The lowest BCUT2D eigenvalue weighted by Crippen LogP contribution is -2.45. The maximum Gasteiger partial charge on any atom is 0.401 e. The molecule has 1 aromatic rings. The average molecular weight is 553 g/mol. The van der Waals surface area contributed by atoms with Gasteiger partial charge in [0.25, 0.3) is 0 Å². The van der Waals surface area contributed by atoms with Crippen molar-refractivity contribution in [2.45, 2.75) is 51.4 Å². The predicted molar refractivity (Wildman–Crippen MR) is 127 cm³/mol. The molecule has 1 aliphatic carbocycles. The Morgan fingerprint density at radius 3 is 2.68 bits per heavy atom. The van der Waals surface area contributed by atoms with Crippen molar-refractivity contribution < 1.29 is 18.0 Å². The maximum atomic E-state index is 12.6. The summed E-state index contributed by atoms with van der Waals surface area (Å²) in [6.45, 7) is 2.88. The summed E-state index contributed by atoms with van der Waals surface area (Å²) < 4.78 is 37.7. The van der Waals surface area contributed by atoms with Crippen molar-refractivity contribution in [1.82, 2.24) is 15.5 Å². The Morgan fingerprint density at radius 2 is 2.03 bits per heavy atom. The monoisotopic (exact) mass is 553 g/mol. The minimum Gasteiger partial charge on any atom is -0.357 e. The molecule has 0 aromatic heterocycles. The van der Waals surface area contributed by atoms with Gasteiger partial charge in [0.1, 0.15) is 0 Å². The molecule has 1 aliphatic heterocycles. The fourth-order valence-corrected chi connectivity index (χ4v) is 3.69. The van der Waals surface area contributed by atoms with Crippen LogP contribution in [0.3, 0.4) is 0 Å². The molecule has 174 valence electrons. The molecule has 0 radical (unpaired) electrons. The third-order valence-electron chi connectivity index (χ3n) is 5.45. The second kappa shape index (κ2) is 11.9. The van der Waals surface area contributed by atoms with E-state index in [1.165, 1.54) is 4.90 Å². The number of benzene rings is 1. The van der Waals surface area contributed by atoms with Crippen LogP contribution in [0.25, 0.3) is 0 Å². The zero-order valence-electron chi connectivity index (χ0n) is 17.7. The smallest absolute Gasteiger partial charge is 0.357 e. The van der Waals surface area contributed by atoms with E-state index in [-0.39, 0.29) is 41.8 Å². The first-order valence-corrected chi connectivity index (χ1v) is 10.6. The minimum atomic E-state index is -4.17. The third kappa shape index (κ3) is 8.47. The molecule has 2 fully saturated rings. The normalized spacial score (nSPS) is 20.0. The van der Waals surface area contributed by atoms with E-state index in [1.807, 2.05) is 31.2 Å². The second-order valence-electron chi connectivity index (χ2n) is 7.99. The van der Waals surface area contributed by atoms with Crippen molar-refractivity contribution in [1.29, 1.82) is 0 Å². The Kier molecular flexibility index (Phi) is 9.86. The van der Waals surface area contributed by atoms with Crippen molar-refractivity contribution in [3.63, 3.8) is 0 Å². The third-order valence-corrected chi connectivity index (χ3v) is 5.45. The molecule has 1 aromatic carbocycles. The van der Waals surface area contributed by atoms with E-state index in [4.69, 9.17) is 0 Å². The lowest BCUT2D eigenvalue weighted by molar-refractivity contribution is -0.143. The van der Waals surface area contributed by atoms with Crippen LogP contribution in [0.2, 0.25) is 0 Å². The van der Waals surface area contributed by atoms with Crippen molar-refractivity contribution in [3.05, 3.63) is 29.8 Å². The molecule has 1 saturated heterocycles. The Morgan fingerprint density at radius 1 is 1.26 bits per heavy atom. The van der Waals surface area contributed by atoms with Crippen molar-refractivity contribution in [2.24, 2.45) is 10.9 Å². The van der Waals surface area contributed by atoms with E-state index in [9.17, 15) is 18.0 Å². The van der Waals surface area contributed by atoms with Gasteiger partial charge >= 0.3 is 6.18 Å². The lowest BCUT2D eigenvalue weighted by atomic mass is 9.85. The molecule has 6 nitrogen and oxygen atoms in total. The molecule has 3 N–H and O–H groups in total. The molecule has 1 saturated carbocycles. The first-order valence-electron chi connectivity index (χ1n) is 10.6. The van der Waals surface area contributed by atoms with Gasteiger partial charge in [0.15, 0.2) is 5.96 Å². The molecule has 1 atom stereocenters. The average Bonchev–Trinajstić information content (AvgIpc) is 3.03. The van der Waals surface area contributed by atoms with Crippen LogP contribution in [0, 0.1) is 5.92 Å². The molecule has 0 bridgehead atoms. The number of likely N-dealkylation sites (tertiary alicyclic amines) is 1. The van der Waals surface area contributed by atoms with Gasteiger partial charge in [-0.2, -0.15) is 13.2 Å². The highest BCUT2D eigenvalue weighted by atomic mass is 127. The fourth-order valence-electron chi connectivity index (χ4n) is 3.69. The highest BCUT2D eigenvalue weighted by Crippen LogP contribution is 2.27.